The number of nitrogens with zero attached hydrogens (tertiary/aromatic N) is 2. The lowest BCUT2D eigenvalue weighted by molar-refractivity contribution is -0.118. The third-order valence-electron chi connectivity index (χ3n) is 16.7. The van der Waals surface area contributed by atoms with Gasteiger partial charge in [-0.1, -0.05) is 114 Å². The summed E-state index contributed by atoms with van der Waals surface area (Å²) in [7, 11) is 0. The number of aromatic nitrogens is 4. The molecule has 6 aliphatic carbocycles. The average molecular weight is 975 g/mol. The van der Waals surface area contributed by atoms with Crippen LogP contribution in [0.3, 0.4) is 0 Å². The standard InChI is InChI=1S/C67H50N4O4/c1-35-8-14-39(15-9-35)57-46-24-26-48(68-46)58(40-16-10-36(2)11-17-40)50-28-30-52(70-50)60(53-31-29-51(71-53)59(49-27-25-47(57)69-49)41-18-12-37(3)13-19-41)42-22-20-38(21-23-42)45-34-56(74)65-61-43-6-4-5-7-44(43)62(66(65)67(45)75)64-55(73)33-32-54(72)63(61)64/h4-19,24-34,38,42,61-62,68,71H,20-23H2,1-3H3. The molecule has 75 heavy (non-hydrogen) atoms. The molecule has 362 valence electrons. The van der Waals surface area contributed by atoms with Crippen molar-refractivity contribution in [2.45, 2.75) is 64.2 Å². The highest BCUT2D eigenvalue weighted by Gasteiger charge is 2.53. The van der Waals surface area contributed by atoms with Gasteiger partial charge in [-0.2, -0.15) is 0 Å². The van der Waals surface area contributed by atoms with Crippen LogP contribution in [-0.2, 0) is 19.2 Å². The highest BCUT2D eigenvalue weighted by molar-refractivity contribution is 6.31. The van der Waals surface area contributed by atoms with E-state index in [4.69, 9.17) is 9.97 Å². The lowest BCUT2D eigenvalue weighted by Gasteiger charge is -2.45. The van der Waals surface area contributed by atoms with Crippen LogP contribution in [0.1, 0.15) is 99.6 Å². The molecular weight excluding hydrogens is 925 g/mol. The molecule has 2 N–H and O–H groups in total. The minimum Gasteiger partial charge on any atom is -0.355 e. The zero-order valence-corrected chi connectivity index (χ0v) is 41.8. The number of nitrogens with one attached hydrogen (secondary N) is 2. The largest absolute Gasteiger partial charge is 0.355 e. The first-order valence-corrected chi connectivity index (χ1v) is 26.1. The summed E-state index contributed by atoms with van der Waals surface area (Å²) in [5.74, 6) is -2.57. The van der Waals surface area contributed by atoms with Crippen molar-refractivity contribution in [3.05, 3.63) is 224 Å². The Hall–Kier alpha value is -8.88. The molecule has 2 aliphatic heterocycles. The molecule has 10 bridgehead atoms. The lowest BCUT2D eigenvalue weighted by Crippen LogP contribution is -2.41. The third kappa shape index (κ3) is 7.10. The number of hydrogen-bond acceptors (Lipinski definition) is 6. The number of H-pyrrole nitrogens is 2. The molecule has 5 heterocycles. The normalized spacial score (nSPS) is 20.4. The van der Waals surface area contributed by atoms with E-state index in [2.05, 4.69) is 152 Å². The summed E-state index contributed by atoms with van der Waals surface area (Å²) in [6.45, 7) is 6.31. The molecule has 1 saturated carbocycles. The van der Waals surface area contributed by atoms with Gasteiger partial charge in [0.15, 0.2) is 23.1 Å². The van der Waals surface area contributed by atoms with Crippen LogP contribution in [0.4, 0.5) is 0 Å². The second-order valence-corrected chi connectivity index (χ2v) is 21.2. The quantitative estimate of drug-likeness (QED) is 0.165. The van der Waals surface area contributed by atoms with Crippen LogP contribution in [0, 0.1) is 26.7 Å². The van der Waals surface area contributed by atoms with E-state index in [-0.39, 0.29) is 35.0 Å². The molecule has 1 fully saturated rings. The molecule has 0 saturated heterocycles. The minimum absolute atomic E-state index is 0.0557. The summed E-state index contributed by atoms with van der Waals surface area (Å²) in [5.41, 5.74) is 21.6. The van der Waals surface area contributed by atoms with E-state index in [9.17, 15) is 14.4 Å². The maximum Gasteiger partial charge on any atom is 0.186 e. The maximum atomic E-state index is 15.1. The Kier molecular flexibility index (Phi) is 10.2. The number of carbonyl (C=O) groups is 4. The Balaban J connectivity index is 0.912. The highest BCUT2D eigenvalue weighted by atomic mass is 16.1. The fraction of sp³-hybridized carbons (Fsp3) is 0.164. The highest BCUT2D eigenvalue weighted by Crippen LogP contribution is 2.59. The number of allylic oxidation sites excluding steroid dienone is 8. The Labute approximate surface area is 433 Å². The van der Waals surface area contributed by atoms with Crippen LogP contribution < -0.4 is 0 Å². The summed E-state index contributed by atoms with van der Waals surface area (Å²) < 4.78 is 0. The second-order valence-electron chi connectivity index (χ2n) is 21.2. The Morgan fingerprint density at radius 3 is 1.27 bits per heavy atom. The summed E-state index contributed by atoms with van der Waals surface area (Å²) in [6, 6.07) is 42.2. The number of Topliss-reactive ketones (excluding diaryl/α,β-unsaturated/α-hetero) is 1. The summed E-state index contributed by atoms with van der Waals surface area (Å²) in [5, 5.41) is 0. The van der Waals surface area contributed by atoms with Crippen molar-refractivity contribution >= 4 is 69.5 Å². The molecule has 15 rings (SSSR count). The second kappa shape index (κ2) is 17.1. The van der Waals surface area contributed by atoms with Crippen molar-refractivity contribution < 1.29 is 19.2 Å². The van der Waals surface area contributed by atoms with Crippen LogP contribution in [0.15, 0.2) is 167 Å². The van der Waals surface area contributed by atoms with Gasteiger partial charge in [-0.25, -0.2) is 9.97 Å². The molecule has 2 unspecified atom stereocenters. The molecule has 8 heteroatoms. The van der Waals surface area contributed by atoms with Crippen LogP contribution in [0.25, 0.3) is 79.8 Å². The van der Waals surface area contributed by atoms with E-state index < -0.39 is 11.8 Å². The first kappa shape index (κ1) is 44.8. The molecule has 4 aromatic carbocycles. The van der Waals surface area contributed by atoms with Gasteiger partial charge in [0.2, 0.25) is 0 Å². The topological polar surface area (TPSA) is 126 Å². The van der Waals surface area contributed by atoms with Gasteiger partial charge in [-0.3, -0.25) is 19.2 Å². The Morgan fingerprint density at radius 1 is 0.400 bits per heavy atom. The number of carbonyl (C=O) groups excluding carboxylic acids is 4. The van der Waals surface area contributed by atoms with Crippen LogP contribution >= 0.6 is 0 Å². The molecule has 8 aliphatic rings. The molecule has 2 atom stereocenters. The van der Waals surface area contributed by atoms with Gasteiger partial charge in [0.25, 0.3) is 0 Å². The van der Waals surface area contributed by atoms with Crippen molar-refractivity contribution in [2.75, 3.05) is 0 Å². The molecule has 0 amide bonds. The van der Waals surface area contributed by atoms with Crippen LogP contribution in [-0.4, -0.2) is 43.1 Å². The molecule has 7 aromatic rings. The van der Waals surface area contributed by atoms with E-state index in [1.165, 1.54) is 28.8 Å². The monoisotopic (exact) mass is 974 g/mol. The van der Waals surface area contributed by atoms with E-state index >= 15 is 4.79 Å². The zero-order valence-electron chi connectivity index (χ0n) is 41.8. The van der Waals surface area contributed by atoms with E-state index in [1.807, 2.05) is 24.3 Å². The van der Waals surface area contributed by atoms with Crippen molar-refractivity contribution in [3.63, 3.8) is 0 Å². The van der Waals surface area contributed by atoms with Gasteiger partial charge in [-0.05, 0) is 153 Å². The number of hydrogen-bond donors (Lipinski definition) is 2. The minimum atomic E-state index is -0.757. The number of aromatic amines is 2. The maximum absolute atomic E-state index is 15.1. The van der Waals surface area contributed by atoms with Gasteiger partial charge in [0, 0.05) is 84.0 Å². The van der Waals surface area contributed by atoms with Gasteiger partial charge in [-0.15, -0.1) is 0 Å². The van der Waals surface area contributed by atoms with Crippen LogP contribution in [0.2, 0.25) is 0 Å². The average Bonchev–Trinajstić information content (AvgIpc) is 4.30. The predicted molar refractivity (Wildman–Crippen MR) is 297 cm³/mol. The number of ketones is 4. The summed E-state index contributed by atoms with van der Waals surface area (Å²) in [6.07, 6.45) is 15.6. The first-order chi connectivity index (χ1) is 36.6. The lowest BCUT2D eigenvalue weighted by atomic mass is 9.55. The summed E-state index contributed by atoms with van der Waals surface area (Å²) in [4.78, 5) is 75.6. The van der Waals surface area contributed by atoms with Crippen molar-refractivity contribution in [1.29, 1.82) is 0 Å². The molecule has 8 nitrogen and oxygen atoms in total. The SMILES string of the molecule is Cc1ccc(-c2c3nc(c(-c4ccc(C)cc4)c4ccc([nH]4)c(C4CCC(C5=CC(=O)C6=C(C5=O)C5C7=C(C(=O)C=CC7=O)C6c6ccccc65)CC4)c4nc(c(-c5ccc(C)cc5)c5ccc2[nH]5)C=C4)C=C3)cc1. The number of rotatable bonds is 5. The van der Waals surface area contributed by atoms with Gasteiger partial charge in [0.05, 0.1) is 22.8 Å². The van der Waals surface area contributed by atoms with Crippen molar-refractivity contribution in [2.24, 2.45) is 5.92 Å². The number of fused-ring (bicyclic) bond motifs is 8. The van der Waals surface area contributed by atoms with E-state index in [0.717, 1.165) is 108 Å². The first-order valence-electron chi connectivity index (χ1n) is 26.1. The third-order valence-corrected chi connectivity index (χ3v) is 16.7. The van der Waals surface area contributed by atoms with Gasteiger partial charge in [0.1, 0.15) is 0 Å². The van der Waals surface area contributed by atoms with Crippen molar-refractivity contribution in [3.8, 4) is 33.4 Å². The molecule has 0 spiro atoms. The fourth-order valence-electron chi connectivity index (χ4n) is 13.1. The van der Waals surface area contributed by atoms with Crippen LogP contribution in [0.5, 0.6) is 0 Å². The predicted octanol–water partition coefficient (Wildman–Crippen LogP) is 14.1. The van der Waals surface area contributed by atoms with Gasteiger partial charge >= 0.3 is 0 Å². The number of aryl methyl sites for hydroxylation is 3. The van der Waals surface area contributed by atoms with Crippen molar-refractivity contribution in [1.82, 2.24) is 19.9 Å². The molecule has 3 aromatic heterocycles. The smallest absolute Gasteiger partial charge is 0.186 e. The van der Waals surface area contributed by atoms with E-state index in [0.29, 0.717) is 40.7 Å². The molecule has 0 radical (unpaired) electrons. The number of benzene rings is 4. The zero-order chi connectivity index (χ0) is 50.8. The van der Waals surface area contributed by atoms with E-state index in [1.54, 1.807) is 6.08 Å². The Bertz CT molecular complexity index is 4060. The Morgan fingerprint density at radius 2 is 0.787 bits per heavy atom. The van der Waals surface area contributed by atoms with Gasteiger partial charge < -0.3 is 9.97 Å². The fourth-order valence-corrected chi connectivity index (χ4v) is 13.1. The molecular formula is C67H50N4O4. The summed E-state index contributed by atoms with van der Waals surface area (Å²) >= 11 is 0.